The zero-order chi connectivity index (χ0) is 11.5. The first-order valence-corrected chi connectivity index (χ1v) is 6.48. The van der Waals surface area contributed by atoms with Gasteiger partial charge in [0.05, 0.1) is 6.61 Å². The molecule has 1 aliphatic carbocycles. The Hall–Kier alpha value is -0.160. The average Bonchev–Trinajstić information content (AvgIpc) is 3.06. The first-order chi connectivity index (χ1) is 7.69. The predicted octanol–water partition coefficient (Wildman–Crippen LogP) is -0.265. The number of hydrogen-bond acceptors (Lipinski definition) is 4. The lowest BCUT2D eigenvalue weighted by molar-refractivity contribution is 0.0873. The third-order valence-electron chi connectivity index (χ3n) is 3.79. The van der Waals surface area contributed by atoms with Crippen molar-refractivity contribution in [1.29, 1.82) is 0 Å². The van der Waals surface area contributed by atoms with Gasteiger partial charge in [-0.05, 0) is 26.8 Å². The third-order valence-corrected chi connectivity index (χ3v) is 3.79. The second kappa shape index (κ2) is 5.45. The van der Waals surface area contributed by atoms with Crippen LogP contribution < -0.4 is 5.32 Å². The van der Waals surface area contributed by atoms with Crippen LogP contribution in [0.4, 0.5) is 0 Å². The highest BCUT2D eigenvalue weighted by atomic mass is 16.3. The fourth-order valence-corrected chi connectivity index (χ4v) is 2.35. The Balaban J connectivity index is 1.74. The highest BCUT2D eigenvalue weighted by molar-refractivity contribution is 4.87. The maximum absolute atomic E-state index is 9.35. The summed E-state index contributed by atoms with van der Waals surface area (Å²) in [6, 6.07) is 1.58. The van der Waals surface area contributed by atoms with E-state index in [9.17, 15) is 5.11 Å². The summed E-state index contributed by atoms with van der Waals surface area (Å²) in [6.45, 7) is 6.92. The molecular weight excluding hydrogens is 202 g/mol. The summed E-state index contributed by atoms with van der Waals surface area (Å²) in [5.74, 6) is 0. The molecule has 0 bridgehead atoms. The zero-order valence-electron chi connectivity index (χ0n) is 10.5. The second-order valence-electron chi connectivity index (χ2n) is 5.41. The molecule has 0 aromatic carbocycles. The van der Waals surface area contributed by atoms with Gasteiger partial charge in [0.25, 0.3) is 0 Å². The lowest BCUT2D eigenvalue weighted by Crippen LogP contribution is -2.54. The molecular formula is C12H25N3O. The molecule has 0 amide bonds. The van der Waals surface area contributed by atoms with Gasteiger partial charge in [-0.15, -0.1) is 0 Å². The molecule has 4 heteroatoms. The Bertz CT molecular complexity index is 220. The topological polar surface area (TPSA) is 38.7 Å². The van der Waals surface area contributed by atoms with Gasteiger partial charge >= 0.3 is 0 Å². The fraction of sp³-hybridized carbons (Fsp3) is 1.00. The highest BCUT2D eigenvalue weighted by Crippen LogP contribution is 2.19. The maximum Gasteiger partial charge on any atom is 0.0597 e. The number of hydrogen-bond donors (Lipinski definition) is 2. The molecule has 1 aliphatic heterocycles. The van der Waals surface area contributed by atoms with Crippen molar-refractivity contribution in [3.63, 3.8) is 0 Å². The van der Waals surface area contributed by atoms with Gasteiger partial charge in [0, 0.05) is 44.3 Å². The van der Waals surface area contributed by atoms with Crippen LogP contribution in [0.5, 0.6) is 0 Å². The number of piperazine rings is 1. The minimum absolute atomic E-state index is 0.261. The van der Waals surface area contributed by atoms with Crippen LogP contribution in [0.2, 0.25) is 0 Å². The molecule has 94 valence electrons. The Labute approximate surface area is 98.6 Å². The Kier molecular flexibility index (Phi) is 4.19. The van der Waals surface area contributed by atoms with E-state index in [-0.39, 0.29) is 12.6 Å². The summed E-state index contributed by atoms with van der Waals surface area (Å²) in [5.41, 5.74) is 0. The molecule has 2 atom stereocenters. The van der Waals surface area contributed by atoms with E-state index in [1.54, 1.807) is 0 Å². The summed E-state index contributed by atoms with van der Waals surface area (Å²) in [7, 11) is 2.19. The molecule has 0 aromatic heterocycles. The standard InChI is InChI=1S/C12H25N3O/c1-10-7-15(6-5-14(10)2)8-12(9-16)13-11-3-4-11/h10-13,16H,3-9H2,1-2H3. The number of aliphatic hydroxyl groups excluding tert-OH is 1. The number of nitrogens with one attached hydrogen (secondary N) is 1. The largest absolute Gasteiger partial charge is 0.395 e. The van der Waals surface area contributed by atoms with E-state index in [1.807, 2.05) is 0 Å². The highest BCUT2D eigenvalue weighted by Gasteiger charge is 2.27. The number of nitrogens with zero attached hydrogens (tertiary/aromatic N) is 2. The molecule has 2 rings (SSSR count). The van der Waals surface area contributed by atoms with Gasteiger partial charge in [0.15, 0.2) is 0 Å². The Morgan fingerprint density at radius 2 is 2.12 bits per heavy atom. The fourth-order valence-electron chi connectivity index (χ4n) is 2.35. The minimum Gasteiger partial charge on any atom is -0.395 e. The van der Waals surface area contributed by atoms with Crippen LogP contribution >= 0.6 is 0 Å². The van der Waals surface area contributed by atoms with Gasteiger partial charge in [0.2, 0.25) is 0 Å². The quantitative estimate of drug-likeness (QED) is 0.678. The number of aliphatic hydroxyl groups is 1. The number of rotatable bonds is 5. The molecule has 2 unspecified atom stereocenters. The van der Waals surface area contributed by atoms with Crippen LogP contribution in [0.1, 0.15) is 19.8 Å². The molecule has 1 saturated heterocycles. The maximum atomic E-state index is 9.35. The molecule has 0 aromatic rings. The molecule has 1 saturated carbocycles. The molecule has 2 N–H and O–H groups in total. The predicted molar refractivity (Wildman–Crippen MR) is 65.6 cm³/mol. The summed E-state index contributed by atoms with van der Waals surface area (Å²) < 4.78 is 0. The van der Waals surface area contributed by atoms with Gasteiger partial charge < -0.3 is 15.3 Å². The summed E-state index contributed by atoms with van der Waals surface area (Å²) in [6.07, 6.45) is 2.57. The van der Waals surface area contributed by atoms with Crippen molar-refractivity contribution in [2.24, 2.45) is 0 Å². The molecule has 0 radical (unpaired) electrons. The van der Waals surface area contributed by atoms with Crippen molar-refractivity contribution >= 4 is 0 Å². The van der Waals surface area contributed by atoms with E-state index in [2.05, 4.69) is 29.1 Å². The second-order valence-corrected chi connectivity index (χ2v) is 5.41. The molecule has 4 nitrogen and oxygen atoms in total. The molecule has 2 aliphatic rings. The first kappa shape index (κ1) is 12.3. The van der Waals surface area contributed by atoms with Crippen LogP contribution in [0, 0.1) is 0 Å². The molecule has 0 spiro atoms. The van der Waals surface area contributed by atoms with E-state index >= 15 is 0 Å². The van der Waals surface area contributed by atoms with E-state index in [0.29, 0.717) is 12.1 Å². The summed E-state index contributed by atoms with van der Waals surface area (Å²) in [4.78, 5) is 4.87. The van der Waals surface area contributed by atoms with Crippen molar-refractivity contribution < 1.29 is 5.11 Å². The third kappa shape index (κ3) is 3.42. The van der Waals surface area contributed by atoms with Crippen LogP contribution in [0.15, 0.2) is 0 Å². The van der Waals surface area contributed by atoms with Gasteiger partial charge in [0.1, 0.15) is 0 Å². The van der Waals surface area contributed by atoms with E-state index in [1.165, 1.54) is 12.8 Å². The summed E-state index contributed by atoms with van der Waals surface area (Å²) >= 11 is 0. The van der Waals surface area contributed by atoms with E-state index in [0.717, 1.165) is 26.2 Å². The van der Waals surface area contributed by atoms with Crippen LogP contribution in [0.3, 0.4) is 0 Å². The van der Waals surface area contributed by atoms with E-state index in [4.69, 9.17) is 0 Å². The minimum atomic E-state index is 0.261. The Morgan fingerprint density at radius 1 is 1.38 bits per heavy atom. The van der Waals surface area contributed by atoms with Crippen molar-refractivity contribution in [2.75, 3.05) is 39.8 Å². The normalized spacial score (nSPS) is 30.6. The van der Waals surface area contributed by atoms with Crippen molar-refractivity contribution in [3.05, 3.63) is 0 Å². The average molecular weight is 227 g/mol. The first-order valence-electron chi connectivity index (χ1n) is 6.48. The van der Waals surface area contributed by atoms with Crippen LogP contribution in [-0.4, -0.2) is 72.9 Å². The number of likely N-dealkylation sites (N-methyl/N-ethyl adjacent to an activating group) is 1. The van der Waals surface area contributed by atoms with Crippen LogP contribution in [0.25, 0.3) is 0 Å². The van der Waals surface area contributed by atoms with Gasteiger partial charge in [-0.25, -0.2) is 0 Å². The van der Waals surface area contributed by atoms with Crippen molar-refractivity contribution in [3.8, 4) is 0 Å². The monoisotopic (exact) mass is 227 g/mol. The SMILES string of the molecule is CC1CN(CC(CO)NC2CC2)CCN1C. The molecule has 1 heterocycles. The smallest absolute Gasteiger partial charge is 0.0597 e. The zero-order valence-corrected chi connectivity index (χ0v) is 10.5. The van der Waals surface area contributed by atoms with Gasteiger partial charge in [-0.3, -0.25) is 4.90 Å². The van der Waals surface area contributed by atoms with Gasteiger partial charge in [-0.2, -0.15) is 0 Å². The lowest BCUT2D eigenvalue weighted by Gasteiger charge is -2.39. The van der Waals surface area contributed by atoms with E-state index < -0.39 is 0 Å². The summed E-state index contributed by atoms with van der Waals surface area (Å²) in [5, 5.41) is 12.9. The molecule has 16 heavy (non-hydrogen) atoms. The lowest BCUT2D eigenvalue weighted by atomic mass is 10.2. The van der Waals surface area contributed by atoms with Crippen molar-refractivity contribution in [2.45, 2.75) is 37.9 Å². The van der Waals surface area contributed by atoms with Crippen LogP contribution in [-0.2, 0) is 0 Å². The molecule has 2 fully saturated rings. The van der Waals surface area contributed by atoms with Gasteiger partial charge in [-0.1, -0.05) is 0 Å². The van der Waals surface area contributed by atoms with Crippen molar-refractivity contribution in [1.82, 2.24) is 15.1 Å². The Morgan fingerprint density at radius 3 is 2.69 bits per heavy atom.